The van der Waals surface area contributed by atoms with Crippen LogP contribution in [0.3, 0.4) is 0 Å². The zero-order valence-corrected chi connectivity index (χ0v) is 44.4. The van der Waals surface area contributed by atoms with Gasteiger partial charge in [-0.2, -0.15) is 0 Å². The second kappa shape index (κ2) is 18.2. The highest BCUT2D eigenvalue weighted by atomic mass is 16.3. The molecular weight excluding hydrogens is 981 g/mol. The molecule has 0 unspecified atom stereocenters. The first-order valence-corrected chi connectivity index (χ1v) is 28.9. The van der Waals surface area contributed by atoms with Crippen molar-refractivity contribution in [2.45, 2.75) is 76.0 Å². The second-order valence-electron chi connectivity index (χ2n) is 22.6. The minimum absolute atomic E-state index is 0.443. The Labute approximate surface area is 462 Å². The minimum Gasteiger partial charge on any atom is -0.456 e. The largest absolute Gasteiger partial charge is 0.456 e. The van der Waals surface area contributed by atoms with Crippen molar-refractivity contribution in [1.29, 1.82) is 0 Å². The van der Waals surface area contributed by atoms with Gasteiger partial charge >= 0.3 is 0 Å². The summed E-state index contributed by atoms with van der Waals surface area (Å²) < 4.78 is 27.3. The average Bonchev–Trinajstić information content (AvgIpc) is 4.44. The van der Waals surface area contributed by atoms with Gasteiger partial charge in [0, 0.05) is 43.1 Å². The summed E-state index contributed by atoms with van der Waals surface area (Å²) in [5.41, 5.74) is 16.0. The molecule has 0 N–H and O–H groups in total. The Morgan fingerprint density at radius 2 is 0.537 bits per heavy atom. The van der Waals surface area contributed by atoms with Crippen LogP contribution in [0.4, 0.5) is 34.1 Å². The number of anilines is 6. The van der Waals surface area contributed by atoms with Crippen LogP contribution in [0.5, 0.6) is 0 Å². The number of fused-ring (bicyclic) bond motifs is 14. The molecule has 0 radical (unpaired) electrons. The first-order valence-electron chi connectivity index (χ1n) is 28.9. The summed E-state index contributed by atoms with van der Waals surface area (Å²) in [7, 11) is 0. The molecule has 11 aromatic carbocycles. The molecule has 4 heterocycles. The number of rotatable bonds is 8. The minimum atomic E-state index is 0.443. The van der Waals surface area contributed by atoms with Crippen LogP contribution in [-0.4, -0.2) is 0 Å². The van der Waals surface area contributed by atoms with Crippen LogP contribution in [0.15, 0.2) is 224 Å². The van der Waals surface area contributed by atoms with Crippen molar-refractivity contribution >= 4 is 143 Å². The van der Waals surface area contributed by atoms with E-state index >= 15 is 0 Å². The van der Waals surface area contributed by atoms with E-state index in [4.69, 9.17) is 17.7 Å². The van der Waals surface area contributed by atoms with Gasteiger partial charge in [-0.25, -0.2) is 0 Å². The summed E-state index contributed by atoms with van der Waals surface area (Å²) in [6.45, 7) is 0. The summed E-state index contributed by atoms with van der Waals surface area (Å²) in [5, 5.41) is 13.2. The molecule has 0 atom stereocenters. The highest BCUT2D eigenvalue weighted by Gasteiger charge is 2.33. The molecule has 0 saturated heterocycles. The molecule has 17 rings (SSSR count). The summed E-state index contributed by atoms with van der Waals surface area (Å²) in [6.07, 6.45) is 12.2. The van der Waals surface area contributed by atoms with Crippen molar-refractivity contribution in [2.75, 3.05) is 9.80 Å². The Morgan fingerprint density at radius 3 is 0.850 bits per heavy atom. The molecule has 6 heteroatoms. The van der Waals surface area contributed by atoms with Crippen molar-refractivity contribution in [3.8, 4) is 0 Å². The molecule has 0 spiro atoms. The quantitative estimate of drug-likeness (QED) is 0.112. The number of benzene rings is 11. The van der Waals surface area contributed by atoms with Gasteiger partial charge in [0.2, 0.25) is 0 Å². The standard InChI is InChI=1S/C74H56N2O4/c1-3-19-45(20-4-1)47-39-41-49-55(43-47)73(75(57-27-15-35-65-69(57)51-23-7-11-31-61(51)77-65)58-28-16-36-66-70(58)52-24-8-12-32-62(52)78-66)50-42-40-48(46-21-5-2-6-22-46)44-56(50)74(49)76(59-29-17-37-67-71(59)53-25-9-13-33-63(53)79-67)60-30-18-38-68-72(60)54-26-10-14-34-64(54)80-68/h7-18,23-46H,1-6,19-22H2. The Morgan fingerprint density at radius 1 is 0.250 bits per heavy atom. The van der Waals surface area contributed by atoms with E-state index in [1.54, 1.807) is 0 Å². The van der Waals surface area contributed by atoms with Crippen LogP contribution in [-0.2, 0) is 0 Å². The maximum Gasteiger partial charge on any atom is 0.137 e. The van der Waals surface area contributed by atoms with Gasteiger partial charge in [0.05, 0.1) is 55.7 Å². The summed E-state index contributed by atoms with van der Waals surface area (Å²) >= 11 is 0. The summed E-state index contributed by atoms with van der Waals surface area (Å²) in [5.74, 6) is 0.885. The first kappa shape index (κ1) is 45.7. The zero-order chi connectivity index (χ0) is 52.4. The van der Waals surface area contributed by atoms with Crippen LogP contribution in [0.25, 0.3) is 109 Å². The number of para-hydroxylation sites is 4. The van der Waals surface area contributed by atoms with E-state index in [0.29, 0.717) is 11.8 Å². The number of furan rings is 4. The number of hydrogen-bond donors (Lipinski definition) is 0. The van der Waals surface area contributed by atoms with Gasteiger partial charge in [-0.1, -0.05) is 160 Å². The average molecular weight is 1040 g/mol. The monoisotopic (exact) mass is 1040 g/mol. The molecule has 0 aliphatic heterocycles. The van der Waals surface area contributed by atoms with Gasteiger partial charge in [-0.05, 0) is 134 Å². The molecule has 0 bridgehead atoms. The molecule has 0 amide bonds. The summed E-state index contributed by atoms with van der Waals surface area (Å²) in [4.78, 5) is 5.18. The lowest BCUT2D eigenvalue weighted by molar-refractivity contribution is 0.444. The van der Waals surface area contributed by atoms with Crippen molar-refractivity contribution in [3.63, 3.8) is 0 Å². The van der Waals surface area contributed by atoms with E-state index in [2.05, 4.69) is 216 Å². The van der Waals surface area contributed by atoms with Crippen molar-refractivity contribution in [2.24, 2.45) is 0 Å². The molecule has 2 aliphatic rings. The fourth-order valence-electron chi connectivity index (χ4n) is 14.6. The van der Waals surface area contributed by atoms with E-state index in [1.165, 1.54) is 86.1 Å². The predicted octanol–water partition coefficient (Wildman–Crippen LogP) is 22.6. The smallest absolute Gasteiger partial charge is 0.137 e. The molecule has 2 saturated carbocycles. The topological polar surface area (TPSA) is 59.0 Å². The fourth-order valence-corrected chi connectivity index (χ4v) is 14.6. The van der Waals surface area contributed by atoms with Crippen LogP contribution in [0, 0.1) is 0 Å². The van der Waals surface area contributed by atoms with Gasteiger partial charge in [-0.3, -0.25) is 0 Å². The number of nitrogens with zero attached hydrogens (tertiary/aromatic N) is 2. The van der Waals surface area contributed by atoms with E-state index in [0.717, 1.165) is 133 Å². The Balaban J connectivity index is 1.09. The van der Waals surface area contributed by atoms with Gasteiger partial charge in [0.25, 0.3) is 0 Å². The van der Waals surface area contributed by atoms with E-state index in [1.807, 2.05) is 0 Å². The van der Waals surface area contributed by atoms with E-state index in [9.17, 15) is 0 Å². The predicted molar refractivity (Wildman–Crippen MR) is 332 cm³/mol. The fraction of sp³-hybridized carbons (Fsp3) is 0.162. The van der Waals surface area contributed by atoms with E-state index in [-0.39, 0.29) is 0 Å². The second-order valence-corrected chi connectivity index (χ2v) is 22.6. The summed E-state index contributed by atoms with van der Waals surface area (Å²) in [6, 6.07) is 75.6. The Bertz CT molecular complexity index is 4420. The van der Waals surface area contributed by atoms with Crippen LogP contribution >= 0.6 is 0 Å². The van der Waals surface area contributed by atoms with Gasteiger partial charge < -0.3 is 27.5 Å². The van der Waals surface area contributed by atoms with Gasteiger partial charge in [0.1, 0.15) is 44.7 Å². The highest BCUT2D eigenvalue weighted by Crippen LogP contribution is 2.57. The maximum absolute atomic E-state index is 6.81. The molecule has 2 fully saturated rings. The molecule has 6 nitrogen and oxygen atoms in total. The van der Waals surface area contributed by atoms with Crippen molar-refractivity contribution in [1.82, 2.24) is 0 Å². The van der Waals surface area contributed by atoms with Crippen molar-refractivity contribution in [3.05, 3.63) is 217 Å². The normalized spacial score (nSPS) is 14.9. The van der Waals surface area contributed by atoms with Gasteiger partial charge in [-0.15, -0.1) is 0 Å². The lowest BCUT2D eigenvalue weighted by Crippen LogP contribution is -2.16. The third-order valence-electron chi connectivity index (χ3n) is 18.2. The van der Waals surface area contributed by atoms with Crippen LogP contribution < -0.4 is 9.80 Å². The Kier molecular flexibility index (Phi) is 10.4. The molecule has 80 heavy (non-hydrogen) atoms. The third-order valence-corrected chi connectivity index (χ3v) is 18.2. The molecule has 15 aromatic rings. The highest BCUT2D eigenvalue weighted by molar-refractivity contribution is 6.29. The lowest BCUT2D eigenvalue weighted by Gasteiger charge is -2.34. The van der Waals surface area contributed by atoms with E-state index < -0.39 is 0 Å². The molecule has 4 aromatic heterocycles. The van der Waals surface area contributed by atoms with Gasteiger partial charge in [0.15, 0.2) is 0 Å². The molecular formula is C74H56N2O4. The molecule has 2 aliphatic carbocycles. The zero-order valence-electron chi connectivity index (χ0n) is 44.4. The number of hydrogen-bond acceptors (Lipinski definition) is 6. The van der Waals surface area contributed by atoms with Crippen LogP contribution in [0.2, 0.25) is 0 Å². The third kappa shape index (κ3) is 6.97. The molecule has 386 valence electrons. The Hall–Kier alpha value is -9.26. The maximum atomic E-state index is 6.81. The SMILES string of the molecule is c1ccc2c(c1)oc1cccc(N(c3c4ccc(C5CCCCC5)cc4c(N(c4cccc5oc6ccccc6c45)c4cccc5oc6ccccc6c45)c4ccc(C5CCCCC5)cc34)c3cccc4oc5ccccc5c34)c12. The lowest BCUT2D eigenvalue weighted by atomic mass is 9.81. The van der Waals surface area contributed by atoms with Crippen LogP contribution in [0.1, 0.15) is 87.2 Å². The van der Waals surface area contributed by atoms with Crippen molar-refractivity contribution < 1.29 is 17.7 Å². The first-order chi connectivity index (χ1) is 39.7.